The zero-order chi connectivity index (χ0) is 21.0. The molecule has 2 aromatic carbocycles. The van der Waals surface area contributed by atoms with Gasteiger partial charge in [0, 0.05) is 26.2 Å². The lowest BCUT2D eigenvalue weighted by molar-refractivity contribution is -0.133. The monoisotopic (exact) mass is 456 g/mol. The Balaban J connectivity index is 1.62. The van der Waals surface area contributed by atoms with Gasteiger partial charge in [0.1, 0.15) is 0 Å². The van der Waals surface area contributed by atoms with Gasteiger partial charge in [0.2, 0.25) is 10.0 Å². The van der Waals surface area contributed by atoms with Crippen molar-refractivity contribution in [1.82, 2.24) is 9.21 Å². The summed E-state index contributed by atoms with van der Waals surface area (Å²) in [5.41, 5.74) is 0.996. The molecule has 1 saturated heterocycles. The summed E-state index contributed by atoms with van der Waals surface area (Å²) in [5, 5.41) is 0.660. The van der Waals surface area contributed by atoms with Crippen LogP contribution in [-0.2, 0) is 14.8 Å². The molecular weight excluding hydrogens is 435 g/mol. The van der Waals surface area contributed by atoms with E-state index in [2.05, 4.69) is 0 Å². The Morgan fingerprint density at radius 1 is 1.00 bits per heavy atom. The van der Waals surface area contributed by atoms with Crippen LogP contribution in [0.2, 0.25) is 10.0 Å². The molecule has 1 fully saturated rings. The number of carbonyl (C=O) groups is 1. The van der Waals surface area contributed by atoms with Crippen LogP contribution in [0.4, 0.5) is 0 Å². The maximum absolute atomic E-state index is 12.9. The molecular formula is C20H22Cl2N2O4S. The van der Waals surface area contributed by atoms with Gasteiger partial charge in [0.25, 0.3) is 5.91 Å². The Kier molecular flexibility index (Phi) is 7.05. The third-order valence-electron chi connectivity index (χ3n) is 4.73. The second-order valence-electron chi connectivity index (χ2n) is 6.79. The number of hydrogen-bond donors (Lipinski definition) is 0. The van der Waals surface area contributed by atoms with Crippen molar-refractivity contribution >= 4 is 39.1 Å². The molecule has 3 rings (SSSR count). The van der Waals surface area contributed by atoms with Crippen molar-refractivity contribution in [3.8, 4) is 5.75 Å². The Bertz CT molecular complexity index is 960. The van der Waals surface area contributed by atoms with Crippen LogP contribution in [-0.4, -0.2) is 56.3 Å². The normalized spacial score (nSPS) is 15.8. The quantitative estimate of drug-likeness (QED) is 0.688. The van der Waals surface area contributed by atoms with Gasteiger partial charge >= 0.3 is 0 Å². The van der Waals surface area contributed by atoms with Gasteiger partial charge in [0.05, 0.1) is 14.9 Å². The van der Waals surface area contributed by atoms with E-state index in [0.717, 1.165) is 5.56 Å². The van der Waals surface area contributed by atoms with E-state index in [1.165, 1.54) is 4.31 Å². The highest BCUT2D eigenvalue weighted by atomic mass is 35.5. The van der Waals surface area contributed by atoms with Gasteiger partial charge < -0.3 is 9.64 Å². The van der Waals surface area contributed by atoms with Gasteiger partial charge in [-0.05, 0) is 37.6 Å². The van der Waals surface area contributed by atoms with Crippen LogP contribution < -0.4 is 4.74 Å². The number of benzene rings is 2. The first-order valence-electron chi connectivity index (χ1n) is 9.20. The van der Waals surface area contributed by atoms with Crippen molar-refractivity contribution < 1.29 is 17.9 Å². The zero-order valence-electron chi connectivity index (χ0n) is 16.0. The summed E-state index contributed by atoms with van der Waals surface area (Å²) in [7, 11) is -3.59. The van der Waals surface area contributed by atoms with Crippen LogP contribution in [0.25, 0.3) is 0 Å². The number of carbonyl (C=O) groups excluding carboxylic acids is 1. The Morgan fingerprint density at radius 2 is 1.66 bits per heavy atom. The van der Waals surface area contributed by atoms with Crippen molar-refractivity contribution in [3.63, 3.8) is 0 Å². The molecule has 156 valence electrons. The SMILES string of the molecule is Cc1ccc(S(=O)(=O)N2CCCN(C(=O)COc3c(Cl)cccc3Cl)CC2)cc1. The van der Waals surface area contributed by atoms with Crippen LogP contribution in [0.3, 0.4) is 0 Å². The maximum Gasteiger partial charge on any atom is 0.260 e. The molecule has 2 aromatic rings. The molecule has 9 heteroatoms. The Hall–Kier alpha value is -1.80. The van der Waals surface area contributed by atoms with Crippen molar-refractivity contribution in [2.75, 3.05) is 32.8 Å². The molecule has 0 atom stereocenters. The molecule has 1 aliphatic heterocycles. The molecule has 0 spiro atoms. The van der Waals surface area contributed by atoms with E-state index in [1.54, 1.807) is 47.4 Å². The summed E-state index contributed by atoms with van der Waals surface area (Å²) in [6, 6.07) is 11.7. The second-order valence-corrected chi connectivity index (χ2v) is 9.54. The highest BCUT2D eigenvalue weighted by Crippen LogP contribution is 2.32. The lowest BCUT2D eigenvalue weighted by Crippen LogP contribution is -2.39. The molecule has 6 nitrogen and oxygen atoms in total. The average Bonchev–Trinajstić information content (AvgIpc) is 2.94. The molecule has 0 saturated carbocycles. The third-order valence-corrected chi connectivity index (χ3v) is 7.23. The van der Waals surface area contributed by atoms with E-state index in [0.29, 0.717) is 36.1 Å². The molecule has 0 bridgehead atoms. The number of rotatable bonds is 5. The highest BCUT2D eigenvalue weighted by Gasteiger charge is 2.28. The fraction of sp³-hybridized carbons (Fsp3) is 0.350. The van der Waals surface area contributed by atoms with E-state index in [9.17, 15) is 13.2 Å². The summed E-state index contributed by atoms with van der Waals surface area (Å²) in [6.07, 6.45) is 0.545. The number of aryl methyl sites for hydroxylation is 1. The van der Waals surface area contributed by atoms with Gasteiger partial charge in [-0.1, -0.05) is 47.0 Å². The molecule has 0 radical (unpaired) electrons. The predicted molar refractivity (Wildman–Crippen MR) is 113 cm³/mol. The van der Waals surface area contributed by atoms with Crippen molar-refractivity contribution in [2.45, 2.75) is 18.2 Å². The van der Waals surface area contributed by atoms with Gasteiger partial charge in [-0.3, -0.25) is 4.79 Å². The summed E-state index contributed by atoms with van der Waals surface area (Å²) in [6.45, 7) is 3.03. The van der Waals surface area contributed by atoms with E-state index >= 15 is 0 Å². The molecule has 29 heavy (non-hydrogen) atoms. The zero-order valence-corrected chi connectivity index (χ0v) is 18.3. The Morgan fingerprint density at radius 3 is 2.31 bits per heavy atom. The number of sulfonamides is 1. The summed E-state index contributed by atoms with van der Waals surface area (Å²) in [4.78, 5) is 14.4. The first kappa shape index (κ1) is 21.9. The van der Waals surface area contributed by atoms with Gasteiger partial charge in [-0.25, -0.2) is 8.42 Å². The molecule has 1 heterocycles. The number of ether oxygens (including phenoxy) is 1. The molecule has 1 aliphatic rings. The fourth-order valence-corrected chi connectivity index (χ4v) is 5.06. The lowest BCUT2D eigenvalue weighted by Gasteiger charge is -2.22. The van der Waals surface area contributed by atoms with E-state index in [-0.39, 0.29) is 29.7 Å². The van der Waals surface area contributed by atoms with E-state index < -0.39 is 10.0 Å². The molecule has 0 unspecified atom stereocenters. The van der Waals surface area contributed by atoms with Crippen LogP contribution >= 0.6 is 23.2 Å². The second kappa shape index (κ2) is 9.34. The first-order valence-corrected chi connectivity index (χ1v) is 11.4. The van der Waals surface area contributed by atoms with Gasteiger partial charge in [0.15, 0.2) is 12.4 Å². The average molecular weight is 457 g/mol. The summed E-state index contributed by atoms with van der Waals surface area (Å²) >= 11 is 12.1. The van der Waals surface area contributed by atoms with Crippen molar-refractivity contribution in [1.29, 1.82) is 0 Å². The van der Waals surface area contributed by atoms with Crippen LogP contribution in [0.15, 0.2) is 47.4 Å². The fourth-order valence-electron chi connectivity index (χ4n) is 3.09. The lowest BCUT2D eigenvalue weighted by atomic mass is 10.2. The largest absolute Gasteiger partial charge is 0.481 e. The molecule has 0 N–H and O–H groups in total. The summed E-state index contributed by atoms with van der Waals surface area (Å²) in [5.74, 6) is 0.0261. The van der Waals surface area contributed by atoms with E-state index in [4.69, 9.17) is 27.9 Å². The van der Waals surface area contributed by atoms with Gasteiger partial charge in [-0.2, -0.15) is 4.31 Å². The number of halogens is 2. The van der Waals surface area contributed by atoms with Crippen molar-refractivity contribution in [2.24, 2.45) is 0 Å². The number of hydrogen-bond acceptors (Lipinski definition) is 4. The Labute approximate surface area is 181 Å². The van der Waals surface area contributed by atoms with E-state index in [1.807, 2.05) is 6.92 Å². The third kappa shape index (κ3) is 5.22. The predicted octanol–water partition coefficient (Wildman–Crippen LogP) is 3.60. The van der Waals surface area contributed by atoms with Crippen LogP contribution in [0, 0.1) is 6.92 Å². The number of nitrogens with zero attached hydrogens (tertiary/aromatic N) is 2. The minimum absolute atomic E-state index is 0.214. The van der Waals surface area contributed by atoms with Crippen molar-refractivity contribution in [3.05, 3.63) is 58.1 Å². The topological polar surface area (TPSA) is 66.9 Å². The standard InChI is InChI=1S/C20H22Cl2N2O4S/c1-15-6-8-16(9-7-15)29(26,27)24-11-3-10-23(12-13-24)19(25)14-28-20-17(21)4-2-5-18(20)22/h2,4-9H,3,10-14H2,1H3. The minimum atomic E-state index is -3.59. The minimum Gasteiger partial charge on any atom is -0.481 e. The number of amides is 1. The molecule has 1 amide bonds. The first-order chi connectivity index (χ1) is 13.8. The molecule has 0 aromatic heterocycles. The van der Waals surface area contributed by atoms with Crippen LogP contribution in [0.1, 0.15) is 12.0 Å². The molecule has 0 aliphatic carbocycles. The van der Waals surface area contributed by atoms with Crippen LogP contribution in [0.5, 0.6) is 5.75 Å². The smallest absolute Gasteiger partial charge is 0.260 e. The number of para-hydroxylation sites is 1. The van der Waals surface area contributed by atoms with Gasteiger partial charge in [-0.15, -0.1) is 0 Å². The summed E-state index contributed by atoms with van der Waals surface area (Å²) < 4.78 is 32.7. The highest BCUT2D eigenvalue weighted by molar-refractivity contribution is 7.89. The maximum atomic E-state index is 12.9.